The van der Waals surface area contributed by atoms with Crippen molar-refractivity contribution < 1.29 is 19.1 Å². The number of methoxy groups -OCH3 is 1. The van der Waals surface area contributed by atoms with Gasteiger partial charge in [0.15, 0.2) is 6.61 Å². The maximum Gasteiger partial charge on any atom is 0.256 e. The van der Waals surface area contributed by atoms with Crippen LogP contribution in [0.1, 0.15) is 39.5 Å². The van der Waals surface area contributed by atoms with Gasteiger partial charge in [0, 0.05) is 12.8 Å². The number of primary amides is 1. The molecule has 0 fully saturated rings. The summed E-state index contributed by atoms with van der Waals surface area (Å²) in [5.41, 5.74) is 4.80. The lowest BCUT2D eigenvalue weighted by molar-refractivity contribution is -0.136. The number of carbonyl (C=O) groups excluding carboxylic acids is 2. The largest absolute Gasteiger partial charge is 0.484 e. The average molecular weight is 322 g/mol. The Morgan fingerprint density at radius 3 is 2.39 bits per heavy atom. The number of unbranched alkanes of at least 4 members (excludes halogenated alkanes) is 2. The maximum absolute atomic E-state index is 12.4. The van der Waals surface area contributed by atoms with E-state index in [9.17, 15) is 9.59 Å². The highest BCUT2D eigenvalue weighted by atomic mass is 16.5. The van der Waals surface area contributed by atoms with Gasteiger partial charge in [-0.1, -0.05) is 26.2 Å². The predicted octanol–water partition coefficient (Wildman–Crippen LogP) is 2.47. The third-order valence-corrected chi connectivity index (χ3v) is 3.68. The molecule has 1 aromatic carbocycles. The molecule has 3 N–H and O–H groups in total. The summed E-state index contributed by atoms with van der Waals surface area (Å²) in [6.07, 6.45) is 3.77. The second kappa shape index (κ2) is 9.15. The zero-order valence-corrected chi connectivity index (χ0v) is 14.1. The van der Waals surface area contributed by atoms with Crippen molar-refractivity contribution in [2.75, 3.05) is 19.0 Å². The van der Waals surface area contributed by atoms with E-state index in [1.807, 2.05) is 0 Å². The SMILES string of the molecule is CCCCCC(C)(OC)C(=O)Nc1ccc(OCC(N)=O)cc1. The molecule has 0 aliphatic heterocycles. The third-order valence-electron chi connectivity index (χ3n) is 3.68. The fourth-order valence-electron chi connectivity index (χ4n) is 2.07. The number of benzene rings is 1. The first-order valence-corrected chi connectivity index (χ1v) is 7.79. The van der Waals surface area contributed by atoms with Crippen molar-refractivity contribution >= 4 is 17.5 Å². The molecule has 0 aromatic heterocycles. The number of hydrogen-bond donors (Lipinski definition) is 2. The van der Waals surface area contributed by atoms with Crippen LogP contribution in [0.3, 0.4) is 0 Å². The number of ether oxygens (including phenoxy) is 2. The molecule has 0 bridgehead atoms. The Hall–Kier alpha value is -2.08. The average Bonchev–Trinajstić information content (AvgIpc) is 2.54. The number of nitrogens with two attached hydrogens (primary N) is 1. The minimum Gasteiger partial charge on any atom is -0.484 e. The Morgan fingerprint density at radius 2 is 1.87 bits per heavy atom. The first-order valence-electron chi connectivity index (χ1n) is 7.79. The fourth-order valence-corrected chi connectivity index (χ4v) is 2.07. The third kappa shape index (κ3) is 6.28. The zero-order chi connectivity index (χ0) is 17.3. The molecule has 1 aromatic rings. The summed E-state index contributed by atoms with van der Waals surface area (Å²) in [6, 6.07) is 6.74. The molecule has 0 radical (unpaired) electrons. The Kier molecular flexibility index (Phi) is 7.54. The molecule has 1 unspecified atom stereocenters. The van der Waals surface area contributed by atoms with Crippen LogP contribution in [0, 0.1) is 0 Å². The lowest BCUT2D eigenvalue weighted by atomic mass is 9.97. The van der Waals surface area contributed by atoms with E-state index < -0.39 is 11.5 Å². The van der Waals surface area contributed by atoms with Gasteiger partial charge in [-0.25, -0.2) is 0 Å². The summed E-state index contributed by atoms with van der Waals surface area (Å²) >= 11 is 0. The molecule has 2 amide bonds. The molecule has 23 heavy (non-hydrogen) atoms. The molecule has 0 aliphatic rings. The highest BCUT2D eigenvalue weighted by Crippen LogP contribution is 2.22. The zero-order valence-electron chi connectivity index (χ0n) is 14.1. The van der Waals surface area contributed by atoms with Crippen LogP contribution in [-0.2, 0) is 14.3 Å². The number of hydrogen-bond acceptors (Lipinski definition) is 4. The molecular weight excluding hydrogens is 296 g/mol. The topological polar surface area (TPSA) is 90.7 Å². The minimum atomic E-state index is -0.851. The summed E-state index contributed by atoms with van der Waals surface area (Å²) in [5, 5.41) is 2.84. The minimum absolute atomic E-state index is 0.176. The van der Waals surface area contributed by atoms with Gasteiger partial charge >= 0.3 is 0 Å². The van der Waals surface area contributed by atoms with Gasteiger partial charge in [-0.3, -0.25) is 9.59 Å². The lowest BCUT2D eigenvalue weighted by Gasteiger charge is -2.27. The molecule has 0 aliphatic carbocycles. The van der Waals surface area contributed by atoms with Crippen molar-refractivity contribution in [1.29, 1.82) is 0 Å². The number of nitrogens with one attached hydrogen (secondary N) is 1. The van der Waals surface area contributed by atoms with Crippen LogP contribution in [0.2, 0.25) is 0 Å². The molecule has 128 valence electrons. The summed E-state index contributed by atoms with van der Waals surface area (Å²) in [5.74, 6) is -0.202. The summed E-state index contributed by atoms with van der Waals surface area (Å²) in [6.45, 7) is 3.74. The van der Waals surface area contributed by atoms with E-state index in [1.54, 1.807) is 38.3 Å². The van der Waals surface area contributed by atoms with Crippen molar-refractivity contribution in [1.82, 2.24) is 0 Å². The summed E-state index contributed by atoms with van der Waals surface area (Å²) < 4.78 is 10.6. The maximum atomic E-state index is 12.4. The Bertz CT molecular complexity index is 516. The van der Waals surface area contributed by atoms with Crippen LogP contribution >= 0.6 is 0 Å². The van der Waals surface area contributed by atoms with Gasteiger partial charge in [0.2, 0.25) is 0 Å². The highest BCUT2D eigenvalue weighted by molar-refractivity contribution is 5.97. The molecule has 1 rings (SSSR count). The van der Waals surface area contributed by atoms with Crippen molar-refractivity contribution in [3.8, 4) is 5.75 Å². The van der Waals surface area contributed by atoms with Crippen molar-refractivity contribution in [2.24, 2.45) is 5.73 Å². The molecule has 0 spiro atoms. The van der Waals surface area contributed by atoms with Crippen LogP contribution in [0.4, 0.5) is 5.69 Å². The first kappa shape index (κ1) is 19.0. The van der Waals surface area contributed by atoms with E-state index in [0.29, 0.717) is 17.9 Å². The van der Waals surface area contributed by atoms with Gasteiger partial charge in [-0.05, 0) is 37.6 Å². The van der Waals surface area contributed by atoms with Gasteiger partial charge in [0.25, 0.3) is 11.8 Å². The van der Waals surface area contributed by atoms with E-state index in [2.05, 4.69) is 12.2 Å². The molecular formula is C17H26N2O4. The van der Waals surface area contributed by atoms with Crippen LogP contribution < -0.4 is 15.8 Å². The van der Waals surface area contributed by atoms with Gasteiger partial charge < -0.3 is 20.5 Å². The standard InChI is InChI=1S/C17H26N2O4/c1-4-5-6-11-17(2,22-3)16(21)19-13-7-9-14(10-8-13)23-12-15(18)20/h7-10H,4-6,11-12H2,1-3H3,(H2,18,20)(H,19,21). The van der Waals surface area contributed by atoms with Crippen LogP contribution in [-0.4, -0.2) is 31.1 Å². The van der Waals surface area contributed by atoms with Crippen molar-refractivity contribution in [2.45, 2.75) is 45.1 Å². The van der Waals surface area contributed by atoms with Gasteiger partial charge in [0.1, 0.15) is 11.4 Å². The van der Waals surface area contributed by atoms with Gasteiger partial charge in [0.05, 0.1) is 0 Å². The van der Waals surface area contributed by atoms with Crippen LogP contribution in [0.25, 0.3) is 0 Å². The lowest BCUT2D eigenvalue weighted by Crippen LogP contribution is -2.41. The fraction of sp³-hybridized carbons (Fsp3) is 0.529. The monoisotopic (exact) mass is 322 g/mol. The van der Waals surface area contributed by atoms with Crippen molar-refractivity contribution in [3.05, 3.63) is 24.3 Å². The summed E-state index contributed by atoms with van der Waals surface area (Å²) in [4.78, 5) is 23.1. The second-order valence-corrected chi connectivity index (χ2v) is 5.63. The first-order chi connectivity index (χ1) is 10.9. The van der Waals surface area contributed by atoms with E-state index in [4.69, 9.17) is 15.2 Å². The van der Waals surface area contributed by atoms with Gasteiger partial charge in [-0.15, -0.1) is 0 Å². The van der Waals surface area contributed by atoms with Crippen molar-refractivity contribution in [3.63, 3.8) is 0 Å². The van der Waals surface area contributed by atoms with E-state index in [1.165, 1.54) is 0 Å². The number of rotatable bonds is 10. The predicted molar refractivity (Wildman–Crippen MR) is 89.3 cm³/mol. The number of amides is 2. The Labute approximate surface area is 137 Å². The Balaban J connectivity index is 2.62. The van der Waals surface area contributed by atoms with Crippen LogP contribution in [0.5, 0.6) is 5.75 Å². The molecule has 0 saturated carbocycles. The second-order valence-electron chi connectivity index (χ2n) is 5.63. The number of anilines is 1. The van der Waals surface area contributed by atoms with E-state index >= 15 is 0 Å². The molecule has 0 saturated heterocycles. The van der Waals surface area contributed by atoms with Gasteiger partial charge in [-0.2, -0.15) is 0 Å². The molecule has 6 nitrogen and oxygen atoms in total. The molecule has 6 heteroatoms. The Morgan fingerprint density at radius 1 is 1.22 bits per heavy atom. The molecule has 0 heterocycles. The van der Waals surface area contributed by atoms with E-state index in [0.717, 1.165) is 19.3 Å². The number of carbonyl (C=O) groups is 2. The summed E-state index contributed by atoms with van der Waals surface area (Å²) in [7, 11) is 1.55. The highest BCUT2D eigenvalue weighted by Gasteiger charge is 2.32. The smallest absolute Gasteiger partial charge is 0.256 e. The quantitative estimate of drug-likeness (QED) is 0.647. The van der Waals surface area contributed by atoms with Crippen LogP contribution in [0.15, 0.2) is 24.3 Å². The normalized spacial score (nSPS) is 13.2. The molecule has 1 atom stereocenters. The van der Waals surface area contributed by atoms with E-state index in [-0.39, 0.29) is 12.5 Å².